The van der Waals surface area contributed by atoms with Crippen LogP contribution in [-0.2, 0) is 22.6 Å². The highest BCUT2D eigenvalue weighted by Gasteiger charge is 2.41. The van der Waals surface area contributed by atoms with Crippen molar-refractivity contribution in [2.75, 3.05) is 11.9 Å². The summed E-state index contributed by atoms with van der Waals surface area (Å²) in [5.74, 6) is -0.764. The molecule has 0 bridgehead atoms. The summed E-state index contributed by atoms with van der Waals surface area (Å²) in [6.45, 7) is 4.27. The van der Waals surface area contributed by atoms with Crippen molar-refractivity contribution >= 4 is 34.8 Å². The number of anilines is 1. The average molecular weight is 549 g/mol. The van der Waals surface area contributed by atoms with E-state index in [0.29, 0.717) is 33.8 Å². The monoisotopic (exact) mass is 548 g/mol. The van der Waals surface area contributed by atoms with Crippen LogP contribution in [0.25, 0.3) is 11.1 Å². The van der Waals surface area contributed by atoms with E-state index in [1.165, 1.54) is 33.2 Å². The van der Waals surface area contributed by atoms with Crippen molar-refractivity contribution in [1.29, 1.82) is 0 Å². The molecule has 36 heavy (non-hydrogen) atoms. The molecule has 1 amide bonds. The van der Waals surface area contributed by atoms with Crippen LogP contribution in [0.1, 0.15) is 36.1 Å². The van der Waals surface area contributed by atoms with Gasteiger partial charge in [0, 0.05) is 17.6 Å². The molecule has 0 saturated carbocycles. The van der Waals surface area contributed by atoms with Crippen molar-refractivity contribution in [3.63, 3.8) is 0 Å². The van der Waals surface area contributed by atoms with E-state index in [-0.39, 0.29) is 16.9 Å². The Kier molecular flexibility index (Phi) is 7.41. The predicted molar refractivity (Wildman–Crippen MR) is 127 cm³/mol. The molecule has 0 N–H and O–H groups in total. The second-order valence-electron chi connectivity index (χ2n) is 8.72. The van der Waals surface area contributed by atoms with E-state index < -0.39 is 40.4 Å². The Bertz CT molecular complexity index is 1290. The number of amides is 1. The van der Waals surface area contributed by atoms with Crippen LogP contribution in [0.5, 0.6) is 0 Å². The molecule has 1 heterocycles. The molecule has 3 rings (SSSR count). The van der Waals surface area contributed by atoms with Crippen molar-refractivity contribution in [2.45, 2.75) is 38.5 Å². The van der Waals surface area contributed by atoms with Crippen molar-refractivity contribution in [2.24, 2.45) is 0 Å². The summed E-state index contributed by atoms with van der Waals surface area (Å²) < 4.78 is 80.4. The van der Waals surface area contributed by atoms with Crippen molar-refractivity contribution in [3.05, 3.63) is 81.1 Å². The number of likely N-dealkylation sites (N-methyl/N-ethyl adjacent to an activating group) is 1. The van der Waals surface area contributed by atoms with Crippen LogP contribution in [0.2, 0.25) is 10.2 Å². The lowest BCUT2D eigenvalue weighted by atomic mass is 9.81. The van der Waals surface area contributed by atoms with Crippen LogP contribution < -0.4 is 4.90 Å². The Labute approximate surface area is 213 Å². The molecule has 0 unspecified atom stereocenters. The number of carbonyl (C=O) groups is 1. The van der Waals surface area contributed by atoms with Crippen molar-refractivity contribution in [1.82, 2.24) is 4.98 Å². The third kappa shape index (κ3) is 5.47. The predicted octanol–water partition coefficient (Wildman–Crippen LogP) is 8.34. The number of nitrogens with zero attached hydrogens (tertiary/aromatic N) is 2. The number of carbonyl (C=O) groups excluding carboxylic acids is 1. The highest BCUT2D eigenvalue weighted by molar-refractivity contribution is 6.32. The first-order chi connectivity index (χ1) is 16.4. The van der Waals surface area contributed by atoms with E-state index in [9.17, 15) is 31.1 Å². The minimum Gasteiger partial charge on any atom is -0.313 e. The molecule has 0 atom stereocenters. The van der Waals surface area contributed by atoms with Gasteiger partial charge in [-0.05, 0) is 67.8 Å². The molecule has 3 nitrogen and oxygen atoms in total. The van der Waals surface area contributed by atoms with E-state index >= 15 is 0 Å². The van der Waals surface area contributed by atoms with Crippen LogP contribution in [0.4, 0.5) is 32.0 Å². The van der Waals surface area contributed by atoms with Gasteiger partial charge in [-0.3, -0.25) is 4.79 Å². The van der Waals surface area contributed by atoms with Gasteiger partial charge in [0.15, 0.2) is 0 Å². The summed E-state index contributed by atoms with van der Waals surface area (Å²) in [5, 5.41) is 0.560. The second-order valence-corrected chi connectivity index (χ2v) is 9.51. The zero-order valence-corrected chi connectivity index (χ0v) is 21.0. The van der Waals surface area contributed by atoms with Crippen LogP contribution >= 0.6 is 23.2 Å². The fourth-order valence-corrected chi connectivity index (χ4v) is 4.11. The summed E-state index contributed by atoms with van der Waals surface area (Å²) >= 11 is 12.3. The first kappa shape index (κ1) is 27.8. The highest BCUT2D eigenvalue weighted by atomic mass is 35.5. The maximum Gasteiger partial charge on any atom is 0.416 e. The summed E-state index contributed by atoms with van der Waals surface area (Å²) in [7, 11) is 1.36. The van der Waals surface area contributed by atoms with Crippen molar-refractivity contribution < 1.29 is 31.1 Å². The first-order valence-electron chi connectivity index (χ1n) is 10.4. The molecule has 0 spiro atoms. The molecule has 3 aromatic rings. The zero-order valence-electron chi connectivity index (χ0n) is 19.4. The van der Waals surface area contributed by atoms with Crippen LogP contribution in [0.15, 0.2) is 48.7 Å². The fourth-order valence-electron chi connectivity index (χ4n) is 3.77. The Balaban J connectivity index is 2.15. The van der Waals surface area contributed by atoms with Gasteiger partial charge in [-0.1, -0.05) is 35.3 Å². The normalized spacial score (nSPS) is 12.6. The molecule has 0 aliphatic carbocycles. The van der Waals surface area contributed by atoms with Gasteiger partial charge in [-0.2, -0.15) is 26.3 Å². The highest BCUT2D eigenvalue weighted by Crippen LogP contribution is 2.41. The lowest BCUT2D eigenvalue weighted by Gasteiger charge is -2.32. The zero-order chi connectivity index (χ0) is 27.2. The van der Waals surface area contributed by atoms with Gasteiger partial charge in [0.1, 0.15) is 5.15 Å². The van der Waals surface area contributed by atoms with Crippen LogP contribution in [0.3, 0.4) is 0 Å². The summed E-state index contributed by atoms with van der Waals surface area (Å²) in [6, 6.07) is 7.74. The second kappa shape index (κ2) is 9.59. The molecule has 0 saturated heterocycles. The number of alkyl halides is 6. The fraction of sp³-hybridized carbons (Fsp3) is 0.280. The minimum absolute atomic E-state index is 0.0247. The van der Waals surface area contributed by atoms with Crippen LogP contribution in [0, 0.1) is 6.92 Å². The van der Waals surface area contributed by atoms with Gasteiger partial charge < -0.3 is 4.90 Å². The molecule has 0 fully saturated rings. The largest absolute Gasteiger partial charge is 0.416 e. The maximum absolute atomic E-state index is 13.6. The number of hydrogen-bond donors (Lipinski definition) is 0. The average Bonchev–Trinajstić information content (AvgIpc) is 2.78. The van der Waals surface area contributed by atoms with E-state index in [1.54, 1.807) is 25.1 Å². The third-order valence-corrected chi connectivity index (χ3v) is 6.53. The van der Waals surface area contributed by atoms with E-state index in [2.05, 4.69) is 4.98 Å². The number of hydrogen-bond acceptors (Lipinski definition) is 2. The van der Waals surface area contributed by atoms with Gasteiger partial charge in [-0.25, -0.2) is 4.98 Å². The SMILES string of the molecule is Cc1c(Cl)cccc1-c1cc(Cl)ncc1N(C)C(=O)C(C)(C)c1cc(C(F)(F)F)cc(C(F)(F)F)c1. The third-order valence-electron chi connectivity index (χ3n) is 5.92. The van der Waals surface area contributed by atoms with E-state index in [0.717, 1.165) is 4.90 Å². The van der Waals surface area contributed by atoms with Gasteiger partial charge in [-0.15, -0.1) is 0 Å². The van der Waals surface area contributed by atoms with Gasteiger partial charge in [0.05, 0.1) is 28.4 Å². The number of benzene rings is 2. The Hall–Kier alpha value is -2.78. The molecule has 192 valence electrons. The molecule has 0 radical (unpaired) electrons. The Morgan fingerprint density at radius 3 is 1.92 bits per heavy atom. The smallest absolute Gasteiger partial charge is 0.313 e. The number of aromatic nitrogens is 1. The standard InChI is InChI=1S/C25H20Cl2F6N2O/c1-13-17(6-5-7-19(13)26)18-11-21(27)34-12-20(18)35(4)22(36)23(2,3)14-8-15(24(28,29)30)10-16(9-14)25(31,32)33/h5-12H,1-4H3. The number of pyridine rings is 1. The van der Waals surface area contributed by atoms with Gasteiger partial charge in [0.25, 0.3) is 0 Å². The lowest BCUT2D eigenvalue weighted by molar-refractivity contribution is -0.143. The topological polar surface area (TPSA) is 33.2 Å². The Morgan fingerprint density at radius 1 is 0.861 bits per heavy atom. The van der Waals surface area contributed by atoms with Crippen LogP contribution in [-0.4, -0.2) is 17.9 Å². The number of halogens is 8. The summed E-state index contributed by atoms with van der Waals surface area (Å²) in [6.07, 6.45) is -8.78. The molecular formula is C25H20Cl2F6N2O. The van der Waals surface area contributed by atoms with E-state index in [4.69, 9.17) is 23.2 Å². The van der Waals surface area contributed by atoms with Gasteiger partial charge >= 0.3 is 12.4 Å². The molecule has 1 aromatic heterocycles. The van der Waals surface area contributed by atoms with E-state index in [1.807, 2.05) is 0 Å². The summed E-state index contributed by atoms with van der Waals surface area (Å²) in [4.78, 5) is 18.7. The maximum atomic E-state index is 13.6. The number of rotatable bonds is 4. The summed E-state index contributed by atoms with van der Waals surface area (Å²) in [5.41, 5.74) is -3.22. The molecule has 0 aliphatic heterocycles. The van der Waals surface area contributed by atoms with Gasteiger partial charge in [0.2, 0.25) is 5.91 Å². The molecule has 2 aromatic carbocycles. The molecular weight excluding hydrogens is 529 g/mol. The molecule has 11 heteroatoms. The molecule has 0 aliphatic rings. The lowest BCUT2D eigenvalue weighted by Crippen LogP contribution is -2.42. The quantitative estimate of drug-likeness (QED) is 0.242. The first-order valence-corrected chi connectivity index (χ1v) is 11.2. The van der Waals surface area contributed by atoms with Crippen molar-refractivity contribution in [3.8, 4) is 11.1 Å². The Morgan fingerprint density at radius 2 is 1.39 bits per heavy atom. The minimum atomic E-state index is -5.04.